The molecule has 1 saturated heterocycles. The minimum atomic E-state index is -0.662. The number of nitrogens with zero attached hydrogens (tertiary/aromatic N) is 1. The average Bonchev–Trinajstić information content (AvgIpc) is 3.26. The largest absolute Gasteiger partial charge is 0.390 e. The van der Waals surface area contributed by atoms with Gasteiger partial charge < -0.3 is 14.7 Å². The molecule has 3 rings (SSSR count). The normalized spacial score (nSPS) is 25.4. The van der Waals surface area contributed by atoms with Gasteiger partial charge in [-0.05, 0) is 24.3 Å². The topological polar surface area (TPSA) is 49.8 Å². The molecule has 1 heterocycles. The number of morpholine rings is 1. The Morgan fingerprint density at radius 1 is 1.32 bits per heavy atom. The van der Waals surface area contributed by atoms with Crippen molar-refractivity contribution in [2.24, 2.45) is 5.92 Å². The van der Waals surface area contributed by atoms with Crippen molar-refractivity contribution in [3.05, 3.63) is 35.9 Å². The third-order valence-corrected chi connectivity index (χ3v) is 3.85. The second-order valence-electron chi connectivity index (χ2n) is 5.36. The van der Waals surface area contributed by atoms with Crippen LogP contribution in [0.2, 0.25) is 0 Å². The Hall–Kier alpha value is -1.39. The van der Waals surface area contributed by atoms with Gasteiger partial charge in [-0.2, -0.15) is 0 Å². The molecule has 2 aliphatic rings. The highest BCUT2D eigenvalue weighted by molar-refractivity contribution is 5.82. The number of rotatable bonds is 4. The van der Waals surface area contributed by atoms with Gasteiger partial charge in [-0.25, -0.2) is 0 Å². The van der Waals surface area contributed by atoms with Crippen LogP contribution in [0.15, 0.2) is 30.3 Å². The summed E-state index contributed by atoms with van der Waals surface area (Å²) in [5.74, 6) is 0.181. The first-order valence-corrected chi connectivity index (χ1v) is 6.88. The Labute approximate surface area is 113 Å². The van der Waals surface area contributed by atoms with Crippen LogP contribution in [-0.4, -0.2) is 41.3 Å². The summed E-state index contributed by atoms with van der Waals surface area (Å²) in [6.45, 7) is 1.70. The van der Waals surface area contributed by atoms with E-state index in [1.54, 1.807) is 4.90 Å². The van der Waals surface area contributed by atoms with Crippen molar-refractivity contribution < 1.29 is 14.6 Å². The zero-order valence-corrected chi connectivity index (χ0v) is 10.9. The van der Waals surface area contributed by atoms with E-state index >= 15 is 0 Å². The molecule has 1 aromatic carbocycles. The molecule has 1 aromatic rings. The Kier molecular flexibility index (Phi) is 3.53. The summed E-state index contributed by atoms with van der Waals surface area (Å²) in [4.78, 5) is 14.1. The van der Waals surface area contributed by atoms with E-state index in [1.807, 2.05) is 30.3 Å². The molecule has 1 aliphatic heterocycles. The predicted molar refractivity (Wildman–Crippen MR) is 70.3 cm³/mol. The van der Waals surface area contributed by atoms with Crippen LogP contribution in [0, 0.1) is 5.92 Å². The molecule has 2 atom stereocenters. The average molecular weight is 261 g/mol. The van der Waals surface area contributed by atoms with Gasteiger partial charge in [-0.15, -0.1) is 0 Å². The van der Waals surface area contributed by atoms with Crippen LogP contribution in [0.25, 0.3) is 0 Å². The summed E-state index contributed by atoms with van der Waals surface area (Å²) in [5, 5.41) is 10.1. The zero-order valence-electron chi connectivity index (χ0n) is 10.9. The molecule has 0 radical (unpaired) electrons. The molecule has 2 unspecified atom stereocenters. The van der Waals surface area contributed by atoms with Crippen LogP contribution in [0.1, 0.15) is 18.4 Å². The maximum absolute atomic E-state index is 12.3. The lowest BCUT2D eigenvalue weighted by Gasteiger charge is -2.34. The molecule has 0 aromatic heterocycles. The lowest BCUT2D eigenvalue weighted by atomic mass is 10.1. The predicted octanol–water partition coefficient (Wildman–Crippen LogP) is 1.18. The Morgan fingerprint density at radius 2 is 2.05 bits per heavy atom. The van der Waals surface area contributed by atoms with E-state index in [0.717, 1.165) is 18.4 Å². The zero-order chi connectivity index (χ0) is 13.2. The molecule has 19 heavy (non-hydrogen) atoms. The summed E-state index contributed by atoms with van der Waals surface area (Å²) >= 11 is 0. The van der Waals surface area contributed by atoms with Crippen molar-refractivity contribution in [3.8, 4) is 0 Å². The number of aliphatic hydroxyl groups is 1. The molecular formula is C15H19NO3. The van der Waals surface area contributed by atoms with E-state index in [2.05, 4.69) is 0 Å². The second-order valence-corrected chi connectivity index (χ2v) is 5.36. The van der Waals surface area contributed by atoms with E-state index in [-0.39, 0.29) is 11.8 Å². The van der Waals surface area contributed by atoms with Gasteiger partial charge in [0.1, 0.15) is 0 Å². The molecule has 0 spiro atoms. The Bertz CT molecular complexity index is 444. The van der Waals surface area contributed by atoms with Crippen LogP contribution in [0.5, 0.6) is 0 Å². The van der Waals surface area contributed by atoms with E-state index in [0.29, 0.717) is 19.7 Å². The van der Waals surface area contributed by atoms with Crippen LogP contribution in [-0.2, 0) is 16.1 Å². The molecule has 1 N–H and O–H groups in total. The van der Waals surface area contributed by atoms with Crippen molar-refractivity contribution >= 4 is 5.91 Å². The minimum absolute atomic E-state index is 0.0745. The van der Waals surface area contributed by atoms with Crippen molar-refractivity contribution in [2.45, 2.75) is 31.6 Å². The lowest BCUT2D eigenvalue weighted by Crippen LogP contribution is -2.52. The van der Waals surface area contributed by atoms with Gasteiger partial charge in [-0.3, -0.25) is 4.79 Å². The third kappa shape index (κ3) is 2.80. The summed E-state index contributed by atoms with van der Waals surface area (Å²) in [6, 6.07) is 9.92. The second kappa shape index (κ2) is 5.31. The summed E-state index contributed by atoms with van der Waals surface area (Å²) in [5.41, 5.74) is 1.11. The van der Waals surface area contributed by atoms with Crippen LogP contribution >= 0.6 is 0 Å². The number of carbonyl (C=O) groups is 1. The molecule has 2 fully saturated rings. The molecule has 1 amide bonds. The first kappa shape index (κ1) is 12.6. The summed E-state index contributed by atoms with van der Waals surface area (Å²) in [6.07, 6.45) is 0.719. The third-order valence-electron chi connectivity index (χ3n) is 3.85. The minimum Gasteiger partial charge on any atom is -0.390 e. The SMILES string of the molecule is O=C1C(C(O)C2CC2)OCCN1Cc1ccccc1. The van der Waals surface area contributed by atoms with Crippen molar-refractivity contribution in [3.63, 3.8) is 0 Å². The Morgan fingerprint density at radius 3 is 2.74 bits per heavy atom. The van der Waals surface area contributed by atoms with Crippen LogP contribution < -0.4 is 0 Å². The van der Waals surface area contributed by atoms with Crippen molar-refractivity contribution in [1.82, 2.24) is 4.90 Å². The number of hydrogen-bond acceptors (Lipinski definition) is 3. The number of amides is 1. The van der Waals surface area contributed by atoms with E-state index in [1.165, 1.54) is 0 Å². The highest BCUT2D eigenvalue weighted by Crippen LogP contribution is 2.35. The molecular weight excluding hydrogens is 242 g/mol. The van der Waals surface area contributed by atoms with Gasteiger partial charge in [0.2, 0.25) is 0 Å². The molecule has 0 bridgehead atoms. The summed E-state index contributed by atoms with van der Waals surface area (Å²) in [7, 11) is 0. The molecule has 4 heteroatoms. The molecule has 4 nitrogen and oxygen atoms in total. The van der Waals surface area contributed by atoms with Crippen molar-refractivity contribution in [2.75, 3.05) is 13.2 Å². The first-order chi connectivity index (χ1) is 9.25. The number of aliphatic hydroxyl groups excluding tert-OH is 1. The smallest absolute Gasteiger partial charge is 0.254 e. The maximum Gasteiger partial charge on any atom is 0.254 e. The highest BCUT2D eigenvalue weighted by Gasteiger charge is 2.42. The standard InChI is InChI=1S/C15H19NO3/c17-13(12-6-7-12)14-15(18)16(8-9-19-14)10-11-4-2-1-3-5-11/h1-5,12-14,17H,6-10H2. The summed E-state index contributed by atoms with van der Waals surface area (Å²) < 4.78 is 5.48. The van der Waals surface area contributed by atoms with E-state index in [4.69, 9.17) is 4.74 Å². The van der Waals surface area contributed by atoms with E-state index < -0.39 is 12.2 Å². The Balaban J connectivity index is 1.66. The molecule has 1 saturated carbocycles. The molecule has 102 valence electrons. The fourth-order valence-corrected chi connectivity index (χ4v) is 2.54. The fourth-order valence-electron chi connectivity index (χ4n) is 2.54. The maximum atomic E-state index is 12.3. The number of benzene rings is 1. The lowest BCUT2D eigenvalue weighted by molar-refractivity contribution is -0.164. The van der Waals surface area contributed by atoms with Gasteiger partial charge in [0.05, 0.1) is 12.7 Å². The van der Waals surface area contributed by atoms with Crippen LogP contribution in [0.3, 0.4) is 0 Å². The quantitative estimate of drug-likeness (QED) is 0.885. The fraction of sp³-hybridized carbons (Fsp3) is 0.533. The monoisotopic (exact) mass is 261 g/mol. The number of hydrogen-bond donors (Lipinski definition) is 1. The molecule has 1 aliphatic carbocycles. The number of ether oxygens (including phenoxy) is 1. The highest BCUT2D eigenvalue weighted by atomic mass is 16.5. The van der Waals surface area contributed by atoms with E-state index in [9.17, 15) is 9.90 Å². The van der Waals surface area contributed by atoms with Gasteiger partial charge in [0, 0.05) is 13.1 Å². The van der Waals surface area contributed by atoms with Crippen molar-refractivity contribution in [1.29, 1.82) is 0 Å². The van der Waals surface area contributed by atoms with Gasteiger partial charge in [0.15, 0.2) is 6.10 Å². The van der Waals surface area contributed by atoms with Gasteiger partial charge in [-0.1, -0.05) is 30.3 Å². The van der Waals surface area contributed by atoms with Gasteiger partial charge in [0.25, 0.3) is 5.91 Å². The first-order valence-electron chi connectivity index (χ1n) is 6.88. The number of carbonyl (C=O) groups excluding carboxylic acids is 1. The van der Waals surface area contributed by atoms with Gasteiger partial charge >= 0.3 is 0 Å². The van der Waals surface area contributed by atoms with Crippen LogP contribution in [0.4, 0.5) is 0 Å².